The van der Waals surface area contributed by atoms with Gasteiger partial charge in [0, 0.05) is 15.8 Å². The number of rotatable bonds is 1. The molecule has 2 rings (SSSR count). The topological polar surface area (TPSA) is 55.6 Å². The van der Waals surface area contributed by atoms with E-state index in [2.05, 4.69) is 6.07 Å². The van der Waals surface area contributed by atoms with Gasteiger partial charge in [-0.2, -0.15) is 0 Å². The Morgan fingerprint density at radius 2 is 2.17 bits per heavy atom. The van der Waals surface area contributed by atoms with Crippen LogP contribution < -0.4 is 5.73 Å². The van der Waals surface area contributed by atoms with Gasteiger partial charge in [0.2, 0.25) is 0 Å². The van der Waals surface area contributed by atoms with Crippen LogP contribution in [-0.2, 0) is 17.8 Å². The van der Waals surface area contributed by atoms with Gasteiger partial charge >= 0.3 is 6.09 Å². The summed E-state index contributed by atoms with van der Waals surface area (Å²) in [5.41, 5.74) is 6.62. The molecule has 1 aromatic rings. The molecule has 1 amide bonds. The molecule has 0 saturated carbocycles. The van der Waals surface area contributed by atoms with Crippen molar-refractivity contribution in [2.75, 3.05) is 0 Å². The molecule has 2 heterocycles. The van der Waals surface area contributed by atoms with E-state index in [4.69, 9.17) is 10.5 Å². The molecule has 1 aromatic heterocycles. The van der Waals surface area contributed by atoms with Crippen molar-refractivity contribution in [1.82, 2.24) is 4.90 Å². The third-order valence-corrected chi connectivity index (χ3v) is 4.07. The van der Waals surface area contributed by atoms with Crippen molar-refractivity contribution in [2.24, 2.45) is 5.73 Å². The van der Waals surface area contributed by atoms with Crippen molar-refractivity contribution in [3.63, 3.8) is 0 Å². The minimum absolute atomic E-state index is 0.0653. The smallest absolute Gasteiger partial charge is 0.410 e. The highest BCUT2D eigenvalue weighted by Crippen LogP contribution is 2.33. The predicted molar refractivity (Wildman–Crippen MR) is 72.4 cm³/mol. The molecule has 1 aliphatic rings. The van der Waals surface area contributed by atoms with Gasteiger partial charge in [0.1, 0.15) is 5.60 Å². The molecule has 0 saturated heterocycles. The highest BCUT2D eigenvalue weighted by atomic mass is 32.1. The first kappa shape index (κ1) is 13.4. The van der Waals surface area contributed by atoms with E-state index in [0.717, 1.165) is 0 Å². The zero-order chi connectivity index (χ0) is 13.5. The van der Waals surface area contributed by atoms with Crippen LogP contribution in [0.15, 0.2) is 6.07 Å². The van der Waals surface area contributed by atoms with Gasteiger partial charge in [-0.3, -0.25) is 4.90 Å². The fraction of sp³-hybridized carbons (Fsp3) is 0.615. The van der Waals surface area contributed by atoms with E-state index >= 15 is 0 Å². The van der Waals surface area contributed by atoms with Gasteiger partial charge in [-0.1, -0.05) is 0 Å². The molecule has 0 aliphatic carbocycles. The van der Waals surface area contributed by atoms with Gasteiger partial charge in [0.25, 0.3) is 0 Å². The van der Waals surface area contributed by atoms with E-state index < -0.39 is 5.60 Å². The van der Waals surface area contributed by atoms with Crippen LogP contribution in [0.25, 0.3) is 0 Å². The number of carbonyl (C=O) groups is 1. The third-order valence-electron chi connectivity index (χ3n) is 2.71. The monoisotopic (exact) mass is 268 g/mol. The molecule has 18 heavy (non-hydrogen) atoms. The van der Waals surface area contributed by atoms with Crippen molar-refractivity contribution in [1.29, 1.82) is 0 Å². The van der Waals surface area contributed by atoms with E-state index in [1.165, 1.54) is 15.3 Å². The van der Waals surface area contributed by atoms with Crippen LogP contribution >= 0.6 is 11.3 Å². The maximum atomic E-state index is 11.9. The summed E-state index contributed by atoms with van der Waals surface area (Å²) in [5.74, 6) is 0. The third kappa shape index (κ3) is 2.84. The zero-order valence-electron chi connectivity index (χ0n) is 11.3. The molecular weight excluding hydrogens is 248 g/mol. The van der Waals surface area contributed by atoms with Gasteiger partial charge in [-0.15, -0.1) is 11.3 Å². The van der Waals surface area contributed by atoms with Crippen molar-refractivity contribution >= 4 is 17.4 Å². The van der Waals surface area contributed by atoms with Crippen molar-refractivity contribution in [3.05, 3.63) is 21.4 Å². The van der Waals surface area contributed by atoms with Gasteiger partial charge in [-0.05, 0) is 39.3 Å². The summed E-state index contributed by atoms with van der Waals surface area (Å²) in [4.78, 5) is 16.1. The summed E-state index contributed by atoms with van der Waals surface area (Å²) >= 11 is 1.69. The van der Waals surface area contributed by atoms with Gasteiger partial charge in [-0.25, -0.2) is 4.79 Å². The number of nitrogens with two attached hydrogens (primary N) is 1. The average molecular weight is 268 g/mol. The van der Waals surface area contributed by atoms with Crippen molar-refractivity contribution < 1.29 is 9.53 Å². The molecule has 0 fully saturated rings. The Morgan fingerprint density at radius 3 is 2.67 bits per heavy atom. The van der Waals surface area contributed by atoms with E-state index in [-0.39, 0.29) is 12.1 Å². The lowest BCUT2D eigenvalue weighted by molar-refractivity contribution is 0.0242. The molecular formula is C13H20N2O2S. The highest BCUT2D eigenvalue weighted by Gasteiger charge is 2.29. The van der Waals surface area contributed by atoms with Gasteiger partial charge in [0.05, 0.1) is 13.1 Å². The highest BCUT2D eigenvalue weighted by molar-refractivity contribution is 7.12. The summed E-state index contributed by atoms with van der Waals surface area (Å²) in [6.45, 7) is 8.89. The van der Waals surface area contributed by atoms with Gasteiger partial charge < -0.3 is 10.5 Å². The second-order valence-electron chi connectivity index (χ2n) is 5.72. The second-order valence-corrected chi connectivity index (χ2v) is 6.89. The Balaban J connectivity index is 2.02. The minimum Gasteiger partial charge on any atom is -0.444 e. The molecule has 0 radical (unpaired) electrons. The number of thiophene rings is 1. The lowest BCUT2D eigenvalue weighted by atomic mass is 10.2. The Morgan fingerprint density at radius 1 is 1.50 bits per heavy atom. The molecule has 0 bridgehead atoms. The number of fused-ring (bicyclic) bond motifs is 1. The maximum Gasteiger partial charge on any atom is 0.410 e. The van der Waals surface area contributed by atoms with E-state index in [9.17, 15) is 4.79 Å². The SMILES string of the molecule is CC(N)c1cc2c(s1)CN(C(=O)OC(C)(C)C)C2. The summed E-state index contributed by atoms with van der Waals surface area (Å²) in [7, 11) is 0. The number of hydrogen-bond donors (Lipinski definition) is 1. The molecule has 1 aliphatic heterocycles. The molecule has 1 atom stereocenters. The summed E-state index contributed by atoms with van der Waals surface area (Å²) in [5, 5.41) is 0. The Bertz CT molecular complexity index is 437. The molecule has 2 N–H and O–H groups in total. The van der Waals surface area contributed by atoms with Crippen LogP contribution in [0.1, 0.15) is 49.1 Å². The lowest BCUT2D eigenvalue weighted by Gasteiger charge is -2.24. The Hall–Kier alpha value is -1.07. The number of amides is 1. The number of carbonyl (C=O) groups excluding carboxylic acids is 1. The first-order chi connectivity index (χ1) is 8.26. The number of hydrogen-bond acceptors (Lipinski definition) is 4. The largest absolute Gasteiger partial charge is 0.444 e. The lowest BCUT2D eigenvalue weighted by Crippen LogP contribution is -2.33. The van der Waals surface area contributed by atoms with E-state index in [0.29, 0.717) is 13.1 Å². The quantitative estimate of drug-likeness (QED) is 0.851. The summed E-state index contributed by atoms with van der Waals surface area (Å²) in [6, 6.07) is 2.17. The van der Waals surface area contributed by atoms with Crippen LogP contribution in [0.3, 0.4) is 0 Å². The predicted octanol–water partition coefficient (Wildman–Crippen LogP) is 3.02. The first-order valence-electron chi connectivity index (χ1n) is 6.11. The zero-order valence-corrected chi connectivity index (χ0v) is 12.1. The van der Waals surface area contributed by atoms with Gasteiger partial charge in [0.15, 0.2) is 0 Å². The summed E-state index contributed by atoms with van der Waals surface area (Å²) < 4.78 is 5.37. The fourth-order valence-corrected chi connectivity index (χ4v) is 3.02. The number of nitrogens with zero attached hydrogens (tertiary/aromatic N) is 1. The van der Waals surface area contributed by atoms with E-state index in [1.54, 1.807) is 16.2 Å². The van der Waals surface area contributed by atoms with Crippen LogP contribution in [-0.4, -0.2) is 16.6 Å². The molecule has 4 nitrogen and oxygen atoms in total. The normalized spacial score (nSPS) is 16.6. The molecule has 1 unspecified atom stereocenters. The van der Waals surface area contributed by atoms with Crippen molar-refractivity contribution in [3.8, 4) is 0 Å². The molecule has 5 heteroatoms. The van der Waals surface area contributed by atoms with Crippen LogP contribution in [0, 0.1) is 0 Å². The van der Waals surface area contributed by atoms with Crippen LogP contribution in [0.4, 0.5) is 4.79 Å². The molecule has 0 spiro atoms. The Kier molecular flexibility index (Phi) is 3.38. The fourth-order valence-electron chi connectivity index (χ4n) is 1.87. The standard InChI is InChI=1S/C13H20N2O2S/c1-8(14)10-5-9-6-15(7-11(9)18-10)12(16)17-13(2,3)4/h5,8H,6-7,14H2,1-4H3. The van der Waals surface area contributed by atoms with Crippen molar-refractivity contribution in [2.45, 2.75) is 52.4 Å². The van der Waals surface area contributed by atoms with Crippen LogP contribution in [0.5, 0.6) is 0 Å². The summed E-state index contributed by atoms with van der Waals surface area (Å²) in [6.07, 6.45) is -0.242. The average Bonchev–Trinajstić information content (AvgIpc) is 2.69. The van der Waals surface area contributed by atoms with E-state index in [1.807, 2.05) is 27.7 Å². The Labute approximate surface area is 112 Å². The molecule has 0 aromatic carbocycles. The second kappa shape index (κ2) is 4.55. The minimum atomic E-state index is -0.440. The first-order valence-corrected chi connectivity index (χ1v) is 6.93. The molecule has 100 valence electrons. The maximum absolute atomic E-state index is 11.9. The number of ether oxygens (including phenoxy) is 1. The van der Waals surface area contributed by atoms with Crippen LogP contribution in [0.2, 0.25) is 0 Å².